The summed E-state index contributed by atoms with van der Waals surface area (Å²) in [6.07, 6.45) is 0. The molecule has 0 aliphatic rings. The molecule has 30 heavy (non-hydrogen) atoms. The standard InChI is InChI=1S/C25H22N4O/c1-18(30)20-12-14-22(15-13-20)27-24-16-23(26-17-19-8-4-2-5-9-19)28-25(29-24)21-10-6-3-7-11-21/h2-16H,17H2,1H3,(H2,26,27,28,29). The maximum absolute atomic E-state index is 11.5. The van der Waals surface area contributed by atoms with Gasteiger partial charge >= 0.3 is 0 Å². The number of nitrogens with zero attached hydrogens (tertiary/aromatic N) is 2. The van der Waals surface area contributed by atoms with Crippen molar-refractivity contribution < 1.29 is 4.79 Å². The first-order valence-corrected chi connectivity index (χ1v) is 9.78. The lowest BCUT2D eigenvalue weighted by Crippen LogP contribution is -2.05. The average molecular weight is 394 g/mol. The summed E-state index contributed by atoms with van der Waals surface area (Å²) in [5.41, 5.74) is 3.65. The second-order valence-electron chi connectivity index (χ2n) is 6.93. The number of carbonyl (C=O) groups excluding carboxylic acids is 1. The Hall–Kier alpha value is -3.99. The van der Waals surface area contributed by atoms with Gasteiger partial charge in [-0.1, -0.05) is 60.7 Å². The summed E-state index contributed by atoms with van der Waals surface area (Å²) in [7, 11) is 0. The Balaban J connectivity index is 1.62. The van der Waals surface area contributed by atoms with Crippen LogP contribution in [0.1, 0.15) is 22.8 Å². The molecule has 1 heterocycles. The second kappa shape index (κ2) is 9.01. The van der Waals surface area contributed by atoms with Crippen molar-refractivity contribution in [3.8, 4) is 11.4 Å². The number of benzene rings is 3. The second-order valence-corrected chi connectivity index (χ2v) is 6.93. The molecule has 0 spiro atoms. The van der Waals surface area contributed by atoms with Crippen LogP contribution in [-0.4, -0.2) is 15.8 Å². The maximum atomic E-state index is 11.5. The fraction of sp³-hybridized carbons (Fsp3) is 0.0800. The molecule has 0 radical (unpaired) electrons. The van der Waals surface area contributed by atoms with Gasteiger partial charge in [-0.2, -0.15) is 0 Å². The number of hydrogen-bond donors (Lipinski definition) is 2. The molecule has 0 atom stereocenters. The highest BCUT2D eigenvalue weighted by atomic mass is 16.1. The lowest BCUT2D eigenvalue weighted by Gasteiger charge is -2.12. The first kappa shape index (κ1) is 19.3. The van der Waals surface area contributed by atoms with Crippen LogP contribution in [0.15, 0.2) is 91.0 Å². The third kappa shape index (κ3) is 4.89. The minimum atomic E-state index is 0.0438. The Morgan fingerprint density at radius 3 is 2.10 bits per heavy atom. The molecule has 0 unspecified atom stereocenters. The summed E-state index contributed by atoms with van der Waals surface area (Å²) < 4.78 is 0. The van der Waals surface area contributed by atoms with Crippen molar-refractivity contribution in [1.82, 2.24) is 9.97 Å². The Labute approximate surface area is 175 Å². The van der Waals surface area contributed by atoms with Crippen LogP contribution in [0, 0.1) is 0 Å². The lowest BCUT2D eigenvalue weighted by molar-refractivity contribution is 0.101. The Kier molecular flexibility index (Phi) is 5.80. The van der Waals surface area contributed by atoms with Crippen LogP contribution in [0.2, 0.25) is 0 Å². The zero-order valence-corrected chi connectivity index (χ0v) is 16.7. The molecule has 1 aromatic heterocycles. The van der Waals surface area contributed by atoms with Crippen molar-refractivity contribution in [3.63, 3.8) is 0 Å². The smallest absolute Gasteiger partial charge is 0.163 e. The molecule has 0 aliphatic carbocycles. The molecule has 2 N–H and O–H groups in total. The van der Waals surface area contributed by atoms with Gasteiger partial charge in [0.2, 0.25) is 0 Å². The molecular formula is C25H22N4O. The predicted molar refractivity (Wildman–Crippen MR) is 121 cm³/mol. The molecule has 4 rings (SSSR count). The SMILES string of the molecule is CC(=O)c1ccc(Nc2cc(NCc3ccccc3)nc(-c3ccccc3)n2)cc1. The van der Waals surface area contributed by atoms with E-state index in [0.29, 0.717) is 23.8 Å². The van der Waals surface area contributed by atoms with E-state index >= 15 is 0 Å². The fourth-order valence-corrected chi connectivity index (χ4v) is 3.04. The van der Waals surface area contributed by atoms with Gasteiger partial charge in [0.05, 0.1) is 0 Å². The molecule has 0 aliphatic heterocycles. The normalized spacial score (nSPS) is 10.4. The minimum Gasteiger partial charge on any atom is -0.366 e. The predicted octanol–water partition coefficient (Wildman–Crippen LogP) is 5.70. The van der Waals surface area contributed by atoms with Gasteiger partial charge in [-0.05, 0) is 36.8 Å². The monoisotopic (exact) mass is 394 g/mol. The van der Waals surface area contributed by atoms with Crippen LogP contribution in [0.4, 0.5) is 17.3 Å². The van der Waals surface area contributed by atoms with Gasteiger partial charge in [-0.15, -0.1) is 0 Å². The fourth-order valence-electron chi connectivity index (χ4n) is 3.04. The van der Waals surface area contributed by atoms with Crippen molar-refractivity contribution in [2.45, 2.75) is 13.5 Å². The number of nitrogens with one attached hydrogen (secondary N) is 2. The lowest BCUT2D eigenvalue weighted by atomic mass is 10.1. The van der Waals surface area contributed by atoms with Gasteiger partial charge in [0.25, 0.3) is 0 Å². The van der Waals surface area contributed by atoms with Crippen LogP contribution < -0.4 is 10.6 Å². The third-order valence-corrected chi connectivity index (χ3v) is 4.64. The van der Waals surface area contributed by atoms with E-state index in [4.69, 9.17) is 4.98 Å². The average Bonchev–Trinajstić information content (AvgIpc) is 2.79. The van der Waals surface area contributed by atoms with Crippen molar-refractivity contribution >= 4 is 23.1 Å². The van der Waals surface area contributed by atoms with Crippen LogP contribution in [0.5, 0.6) is 0 Å². The van der Waals surface area contributed by atoms with Gasteiger partial charge in [0, 0.05) is 29.4 Å². The first-order valence-electron chi connectivity index (χ1n) is 9.78. The molecule has 0 fully saturated rings. The largest absolute Gasteiger partial charge is 0.366 e. The summed E-state index contributed by atoms with van der Waals surface area (Å²) in [5, 5.41) is 6.70. The molecule has 5 nitrogen and oxygen atoms in total. The summed E-state index contributed by atoms with van der Waals surface area (Å²) in [6, 6.07) is 29.3. The summed E-state index contributed by atoms with van der Waals surface area (Å²) in [4.78, 5) is 20.9. The van der Waals surface area contributed by atoms with Gasteiger partial charge in [0.1, 0.15) is 11.6 Å². The van der Waals surface area contributed by atoms with Gasteiger partial charge in [0.15, 0.2) is 11.6 Å². The number of anilines is 3. The maximum Gasteiger partial charge on any atom is 0.163 e. The topological polar surface area (TPSA) is 66.9 Å². The van der Waals surface area contributed by atoms with Crippen LogP contribution in [0.3, 0.4) is 0 Å². The first-order chi connectivity index (χ1) is 14.7. The molecule has 4 aromatic rings. The van der Waals surface area contributed by atoms with Crippen molar-refractivity contribution in [3.05, 3.63) is 102 Å². The van der Waals surface area contributed by atoms with E-state index in [9.17, 15) is 4.79 Å². The Morgan fingerprint density at radius 1 is 0.800 bits per heavy atom. The van der Waals surface area contributed by atoms with E-state index in [1.807, 2.05) is 66.7 Å². The van der Waals surface area contributed by atoms with Gasteiger partial charge in [-0.25, -0.2) is 9.97 Å². The zero-order chi connectivity index (χ0) is 20.8. The summed E-state index contributed by atoms with van der Waals surface area (Å²) >= 11 is 0. The zero-order valence-electron chi connectivity index (χ0n) is 16.7. The van der Waals surface area contributed by atoms with Crippen LogP contribution in [0.25, 0.3) is 11.4 Å². The van der Waals surface area contributed by atoms with Gasteiger partial charge < -0.3 is 10.6 Å². The highest BCUT2D eigenvalue weighted by Crippen LogP contribution is 2.23. The highest BCUT2D eigenvalue weighted by Gasteiger charge is 2.08. The molecular weight excluding hydrogens is 372 g/mol. The number of hydrogen-bond acceptors (Lipinski definition) is 5. The van der Waals surface area contributed by atoms with Gasteiger partial charge in [-0.3, -0.25) is 4.79 Å². The van der Waals surface area contributed by atoms with E-state index in [1.165, 1.54) is 5.56 Å². The van der Waals surface area contributed by atoms with E-state index in [0.717, 1.165) is 17.1 Å². The summed E-state index contributed by atoms with van der Waals surface area (Å²) in [5.74, 6) is 2.09. The van der Waals surface area contributed by atoms with E-state index in [2.05, 4.69) is 27.8 Å². The highest BCUT2D eigenvalue weighted by molar-refractivity contribution is 5.94. The van der Waals surface area contributed by atoms with Crippen molar-refractivity contribution in [2.24, 2.45) is 0 Å². The molecule has 5 heteroatoms. The molecule has 0 bridgehead atoms. The van der Waals surface area contributed by atoms with Crippen molar-refractivity contribution in [1.29, 1.82) is 0 Å². The quantitative estimate of drug-likeness (QED) is 0.394. The Morgan fingerprint density at radius 2 is 1.43 bits per heavy atom. The molecule has 0 saturated heterocycles. The van der Waals surface area contributed by atoms with Crippen molar-refractivity contribution in [2.75, 3.05) is 10.6 Å². The molecule has 0 amide bonds. The number of rotatable bonds is 7. The van der Waals surface area contributed by atoms with E-state index < -0.39 is 0 Å². The number of Topliss-reactive ketones (excluding diaryl/α,β-unsaturated/α-hetero) is 1. The summed E-state index contributed by atoms with van der Waals surface area (Å²) in [6.45, 7) is 2.22. The Bertz CT molecular complexity index is 1130. The molecule has 3 aromatic carbocycles. The minimum absolute atomic E-state index is 0.0438. The molecule has 148 valence electrons. The molecule has 0 saturated carbocycles. The van der Waals surface area contributed by atoms with E-state index in [-0.39, 0.29) is 5.78 Å². The number of ketones is 1. The van der Waals surface area contributed by atoms with Crippen LogP contribution in [-0.2, 0) is 6.54 Å². The van der Waals surface area contributed by atoms with E-state index in [1.54, 1.807) is 19.1 Å². The third-order valence-electron chi connectivity index (χ3n) is 4.64. The number of aromatic nitrogens is 2. The number of carbonyl (C=O) groups is 1. The van der Waals surface area contributed by atoms with Crippen LogP contribution >= 0.6 is 0 Å².